The van der Waals surface area contributed by atoms with Crippen LogP contribution >= 0.6 is 7.82 Å². The number of ether oxygens (including phenoxy) is 2. The maximum absolute atomic E-state index is 12.8. The number of likely N-dealkylation sites (N-methyl/N-ethyl adjacent to an activating group) is 1. The van der Waals surface area contributed by atoms with Crippen molar-refractivity contribution in [3.63, 3.8) is 0 Å². The summed E-state index contributed by atoms with van der Waals surface area (Å²) in [5, 5.41) is 0. The highest BCUT2D eigenvalue weighted by molar-refractivity contribution is 7.45. The van der Waals surface area contributed by atoms with E-state index in [4.69, 9.17) is 18.5 Å². The number of carbonyl (C=O) groups is 2. The molecular formula is C66H104NO8P. The fraction of sp³-hybridized carbons (Fsp3) is 0.545. The number of hydrogen-bond donors (Lipinski definition) is 0. The number of quaternary nitrogens is 1. The summed E-state index contributed by atoms with van der Waals surface area (Å²) in [6.07, 6.45) is 84.1. The Balaban J connectivity index is 4.27. The molecule has 10 heteroatoms. The van der Waals surface area contributed by atoms with Gasteiger partial charge in [0.05, 0.1) is 27.7 Å². The molecule has 0 spiro atoms. The molecule has 0 bridgehead atoms. The van der Waals surface area contributed by atoms with Crippen LogP contribution in [0, 0.1) is 0 Å². The zero-order valence-corrected chi connectivity index (χ0v) is 49.0. The van der Waals surface area contributed by atoms with Gasteiger partial charge in [-0.15, -0.1) is 0 Å². The lowest BCUT2D eigenvalue weighted by atomic mass is 10.1. The highest BCUT2D eigenvalue weighted by Gasteiger charge is 2.21. The molecule has 2 atom stereocenters. The van der Waals surface area contributed by atoms with Crippen molar-refractivity contribution < 1.29 is 42.1 Å². The number of esters is 2. The minimum absolute atomic E-state index is 0.0523. The van der Waals surface area contributed by atoms with Gasteiger partial charge in [0.15, 0.2) is 6.10 Å². The van der Waals surface area contributed by atoms with Crippen molar-refractivity contribution in [1.82, 2.24) is 0 Å². The number of rotatable bonds is 50. The van der Waals surface area contributed by atoms with Gasteiger partial charge in [0.2, 0.25) is 0 Å². The molecule has 0 N–H and O–H groups in total. The van der Waals surface area contributed by atoms with E-state index < -0.39 is 32.5 Å². The molecule has 0 radical (unpaired) electrons. The summed E-state index contributed by atoms with van der Waals surface area (Å²) in [6.45, 7) is 3.89. The number of carbonyl (C=O) groups excluding carboxylic acids is 2. The van der Waals surface area contributed by atoms with Crippen molar-refractivity contribution in [3.05, 3.63) is 170 Å². The van der Waals surface area contributed by atoms with E-state index in [2.05, 4.69) is 178 Å². The Morgan fingerprint density at radius 2 is 0.724 bits per heavy atom. The van der Waals surface area contributed by atoms with Crippen LogP contribution in [0.25, 0.3) is 0 Å². The van der Waals surface area contributed by atoms with Gasteiger partial charge in [-0.05, 0) is 122 Å². The summed E-state index contributed by atoms with van der Waals surface area (Å²) in [6, 6.07) is 0. The molecule has 0 saturated heterocycles. The van der Waals surface area contributed by atoms with Crippen molar-refractivity contribution in [1.29, 1.82) is 0 Å². The van der Waals surface area contributed by atoms with E-state index in [0.29, 0.717) is 23.9 Å². The Hall–Kier alpha value is -4.63. The second-order valence-electron chi connectivity index (χ2n) is 19.5. The topological polar surface area (TPSA) is 111 Å². The first-order chi connectivity index (χ1) is 37.0. The molecule has 0 aliphatic carbocycles. The zero-order chi connectivity index (χ0) is 55.6. The average molecular weight is 1070 g/mol. The monoisotopic (exact) mass is 1070 g/mol. The first kappa shape index (κ1) is 71.4. The van der Waals surface area contributed by atoms with Crippen LogP contribution in [-0.2, 0) is 32.7 Å². The summed E-state index contributed by atoms with van der Waals surface area (Å²) in [7, 11) is 1.10. The van der Waals surface area contributed by atoms with Crippen LogP contribution in [0.4, 0.5) is 0 Å². The van der Waals surface area contributed by atoms with Gasteiger partial charge in [0, 0.05) is 12.8 Å². The lowest BCUT2D eigenvalue weighted by Crippen LogP contribution is -2.37. The first-order valence-electron chi connectivity index (χ1n) is 28.8. The molecule has 426 valence electrons. The minimum Gasteiger partial charge on any atom is -0.756 e. The molecule has 0 aromatic heterocycles. The number of phosphoric acid groups is 1. The summed E-state index contributed by atoms with van der Waals surface area (Å²) >= 11 is 0. The van der Waals surface area contributed by atoms with Gasteiger partial charge in [-0.25, -0.2) is 0 Å². The molecule has 2 unspecified atom stereocenters. The maximum atomic E-state index is 12.8. The normalized spacial score (nSPS) is 14.6. The van der Waals surface area contributed by atoms with E-state index in [9.17, 15) is 19.0 Å². The number of hydrogen-bond acceptors (Lipinski definition) is 8. The van der Waals surface area contributed by atoms with Gasteiger partial charge in [0.1, 0.15) is 19.8 Å². The largest absolute Gasteiger partial charge is 0.756 e. The van der Waals surface area contributed by atoms with Gasteiger partial charge in [-0.1, -0.05) is 216 Å². The molecule has 9 nitrogen and oxygen atoms in total. The summed E-state index contributed by atoms with van der Waals surface area (Å²) in [4.78, 5) is 37.8. The van der Waals surface area contributed by atoms with Crippen LogP contribution in [0.2, 0.25) is 0 Å². The summed E-state index contributed by atoms with van der Waals surface area (Å²) < 4.78 is 34.0. The standard InChI is InChI=1S/C66H104NO8P/c1-6-8-10-12-14-16-18-20-22-24-25-26-27-28-29-30-31-32-33-34-35-36-37-38-39-40-41-43-45-47-49-51-53-55-57-59-66(69)75-64(63-74-76(70,71)73-61-60-67(3,4)5)62-72-65(68)58-56-54-52-50-48-46-44-42-23-21-19-17-15-13-11-9-7-2/h8-11,14-17,20-23,25-26,28-29,31-32,34-35,37-38,40-41,44,46,50,52,64H,6-7,12-13,18-19,24,27,30,33,36,39,42-43,45,47-49,51,53-63H2,1-5H3/b10-8-,11-9-,16-14-,17-15-,22-20-,23-21-,26-25-,29-28-,32-31-,35-34-,38-37-,41-40-,46-44-,52-50-. The molecule has 0 heterocycles. The molecule has 0 saturated carbocycles. The SMILES string of the molecule is CC/C=C\C/C=C\C/C=C\C/C=C\C/C=C\C/C=C\C/C=C\C/C=C\C/C=C\CCCCCCCCCC(=O)OC(COC(=O)CCC/C=C\C/C=C\C/C=C\C/C=C\C/C=C\CC)COP(=O)([O-])OCC[N+](C)(C)C. The van der Waals surface area contributed by atoms with Crippen LogP contribution in [0.15, 0.2) is 170 Å². The maximum Gasteiger partial charge on any atom is 0.306 e. The number of allylic oxidation sites excluding steroid dienone is 28. The quantitative estimate of drug-likeness (QED) is 0.0195. The number of phosphoric ester groups is 1. The molecule has 0 aliphatic rings. The molecule has 0 fully saturated rings. The Labute approximate surface area is 464 Å². The van der Waals surface area contributed by atoms with E-state index in [0.717, 1.165) is 128 Å². The van der Waals surface area contributed by atoms with Crippen LogP contribution < -0.4 is 4.89 Å². The predicted molar refractivity (Wildman–Crippen MR) is 323 cm³/mol. The molecule has 0 rings (SSSR count). The lowest BCUT2D eigenvalue weighted by Gasteiger charge is -2.28. The Bertz CT molecular complexity index is 1880. The van der Waals surface area contributed by atoms with Gasteiger partial charge < -0.3 is 27.9 Å². The molecule has 76 heavy (non-hydrogen) atoms. The molecule has 0 aromatic rings. The van der Waals surface area contributed by atoms with Crippen molar-refractivity contribution in [2.45, 2.75) is 187 Å². The number of nitrogens with zero attached hydrogens (tertiary/aromatic N) is 1. The summed E-state index contributed by atoms with van der Waals surface area (Å²) in [5.74, 6) is -0.932. The van der Waals surface area contributed by atoms with Gasteiger partial charge in [-0.3, -0.25) is 14.2 Å². The van der Waals surface area contributed by atoms with Gasteiger partial charge in [0.25, 0.3) is 7.82 Å². The van der Waals surface area contributed by atoms with Gasteiger partial charge in [-0.2, -0.15) is 0 Å². The van der Waals surface area contributed by atoms with Crippen LogP contribution in [0.1, 0.15) is 181 Å². The third-order valence-electron chi connectivity index (χ3n) is 11.2. The Morgan fingerprint density at radius 1 is 0.408 bits per heavy atom. The second-order valence-corrected chi connectivity index (χ2v) is 20.9. The highest BCUT2D eigenvalue weighted by Crippen LogP contribution is 2.38. The second kappa shape index (κ2) is 55.1. The van der Waals surface area contributed by atoms with Crippen molar-refractivity contribution in [2.24, 2.45) is 0 Å². The van der Waals surface area contributed by atoms with Crippen LogP contribution in [0.5, 0.6) is 0 Å². The fourth-order valence-corrected chi connectivity index (χ4v) is 7.59. The first-order valence-corrected chi connectivity index (χ1v) is 30.3. The Kier molecular flexibility index (Phi) is 51.8. The fourth-order valence-electron chi connectivity index (χ4n) is 6.86. The third kappa shape index (κ3) is 58.6. The van der Waals surface area contributed by atoms with Crippen molar-refractivity contribution >= 4 is 19.8 Å². The van der Waals surface area contributed by atoms with Crippen molar-refractivity contribution in [3.8, 4) is 0 Å². The molecule has 0 aliphatic heterocycles. The highest BCUT2D eigenvalue weighted by atomic mass is 31.2. The van der Waals surface area contributed by atoms with E-state index in [1.807, 2.05) is 27.2 Å². The average Bonchev–Trinajstić information content (AvgIpc) is 3.38. The van der Waals surface area contributed by atoms with E-state index in [1.54, 1.807) is 0 Å². The minimum atomic E-state index is -4.66. The Morgan fingerprint density at radius 3 is 1.09 bits per heavy atom. The molecular weight excluding hydrogens is 966 g/mol. The third-order valence-corrected chi connectivity index (χ3v) is 12.2. The predicted octanol–water partition coefficient (Wildman–Crippen LogP) is 17.6. The van der Waals surface area contributed by atoms with Gasteiger partial charge >= 0.3 is 11.9 Å². The smallest absolute Gasteiger partial charge is 0.306 e. The lowest BCUT2D eigenvalue weighted by molar-refractivity contribution is -0.870. The molecule has 0 amide bonds. The van der Waals surface area contributed by atoms with Crippen LogP contribution in [-0.4, -0.2) is 70.0 Å². The van der Waals surface area contributed by atoms with E-state index in [-0.39, 0.29) is 26.1 Å². The van der Waals surface area contributed by atoms with Crippen LogP contribution in [0.3, 0.4) is 0 Å². The zero-order valence-electron chi connectivity index (χ0n) is 48.1. The van der Waals surface area contributed by atoms with Crippen molar-refractivity contribution in [2.75, 3.05) is 47.5 Å². The van der Waals surface area contributed by atoms with E-state index >= 15 is 0 Å². The summed E-state index contributed by atoms with van der Waals surface area (Å²) in [5.41, 5.74) is 0. The number of unbranched alkanes of at least 4 members (excludes halogenated alkanes) is 8. The van der Waals surface area contributed by atoms with E-state index in [1.165, 1.54) is 12.8 Å². The molecule has 0 aromatic carbocycles.